The van der Waals surface area contributed by atoms with Crippen LogP contribution in [-0.2, 0) is 6.42 Å². The molecule has 0 radical (unpaired) electrons. The average molecular weight is 312 g/mol. The summed E-state index contributed by atoms with van der Waals surface area (Å²) in [6.45, 7) is 0. The number of halogens is 1. The topological polar surface area (TPSA) is 30.5 Å². The minimum absolute atomic E-state index is 0.107. The second-order valence-corrected chi connectivity index (χ2v) is 6.13. The van der Waals surface area contributed by atoms with Crippen LogP contribution in [0.1, 0.15) is 16.5 Å². The normalized spacial score (nSPS) is 12.2. The molecule has 1 aromatic carbocycles. The van der Waals surface area contributed by atoms with Crippen molar-refractivity contribution in [3.63, 3.8) is 0 Å². The highest BCUT2D eigenvalue weighted by Crippen LogP contribution is 2.36. The van der Waals surface area contributed by atoms with E-state index < -0.39 is 0 Å². The van der Waals surface area contributed by atoms with E-state index in [1.165, 1.54) is 4.88 Å². The summed E-state index contributed by atoms with van der Waals surface area (Å²) in [5.41, 5.74) is 1.03. The zero-order valence-corrected chi connectivity index (χ0v) is 13.3. The number of likely N-dealkylation sites (N-methyl/N-ethyl adjacent to an activating group) is 1. The molecule has 2 aromatic rings. The van der Waals surface area contributed by atoms with Gasteiger partial charge in [-0.15, -0.1) is 11.3 Å². The van der Waals surface area contributed by atoms with Crippen molar-refractivity contribution in [2.75, 3.05) is 21.3 Å². The molecular weight excluding hydrogens is 294 g/mol. The van der Waals surface area contributed by atoms with Gasteiger partial charge in [-0.3, -0.25) is 0 Å². The second-order valence-electron chi connectivity index (χ2n) is 4.33. The highest BCUT2D eigenvalue weighted by atomic mass is 35.5. The number of methoxy groups -OCH3 is 2. The standard InChI is InChI=1S/C15H18ClNO2S/c1-17-11(9-10-7-8-14(16)20-10)15-12(18-2)5-4-6-13(15)19-3/h4-8,11,17H,9H2,1-3H3. The van der Waals surface area contributed by atoms with Crippen molar-refractivity contribution in [3.05, 3.63) is 45.1 Å². The van der Waals surface area contributed by atoms with E-state index in [4.69, 9.17) is 21.1 Å². The summed E-state index contributed by atoms with van der Waals surface area (Å²) in [6, 6.07) is 9.91. The fourth-order valence-corrected chi connectivity index (χ4v) is 3.37. The number of ether oxygens (including phenoxy) is 2. The lowest BCUT2D eigenvalue weighted by molar-refractivity contribution is 0.373. The van der Waals surface area contributed by atoms with Gasteiger partial charge in [-0.25, -0.2) is 0 Å². The molecule has 2 rings (SSSR count). The maximum absolute atomic E-state index is 6.00. The molecule has 0 aliphatic rings. The molecule has 0 bridgehead atoms. The number of rotatable bonds is 6. The Labute approximate surface area is 128 Å². The summed E-state index contributed by atoms with van der Waals surface area (Å²) in [5, 5.41) is 3.33. The molecule has 0 aliphatic heterocycles. The smallest absolute Gasteiger partial charge is 0.127 e. The first kappa shape index (κ1) is 15.2. The van der Waals surface area contributed by atoms with Crippen LogP contribution in [-0.4, -0.2) is 21.3 Å². The molecule has 5 heteroatoms. The van der Waals surface area contributed by atoms with Gasteiger partial charge in [-0.1, -0.05) is 17.7 Å². The van der Waals surface area contributed by atoms with E-state index in [2.05, 4.69) is 11.4 Å². The lowest BCUT2D eigenvalue weighted by Crippen LogP contribution is -2.20. The summed E-state index contributed by atoms with van der Waals surface area (Å²) in [6.07, 6.45) is 0.838. The first-order valence-electron chi connectivity index (χ1n) is 6.32. The van der Waals surface area contributed by atoms with Crippen molar-refractivity contribution in [1.82, 2.24) is 5.32 Å². The fourth-order valence-electron chi connectivity index (χ4n) is 2.23. The third-order valence-corrected chi connectivity index (χ3v) is 4.45. The molecule has 20 heavy (non-hydrogen) atoms. The van der Waals surface area contributed by atoms with Crippen LogP contribution in [0, 0.1) is 0 Å². The summed E-state index contributed by atoms with van der Waals surface area (Å²) in [5.74, 6) is 1.65. The van der Waals surface area contributed by atoms with Crippen LogP contribution in [0.2, 0.25) is 4.34 Å². The molecule has 1 atom stereocenters. The van der Waals surface area contributed by atoms with Crippen molar-refractivity contribution in [3.8, 4) is 11.5 Å². The van der Waals surface area contributed by atoms with Gasteiger partial charge in [0, 0.05) is 17.3 Å². The van der Waals surface area contributed by atoms with Crippen LogP contribution >= 0.6 is 22.9 Å². The number of thiophene rings is 1. The number of hydrogen-bond donors (Lipinski definition) is 1. The Bertz CT molecular complexity index is 549. The van der Waals surface area contributed by atoms with Crippen LogP contribution in [0.3, 0.4) is 0 Å². The molecule has 1 N–H and O–H groups in total. The second kappa shape index (κ2) is 6.97. The Morgan fingerprint density at radius 3 is 2.25 bits per heavy atom. The van der Waals surface area contributed by atoms with E-state index >= 15 is 0 Å². The summed E-state index contributed by atoms with van der Waals surface area (Å²) in [4.78, 5) is 1.22. The highest BCUT2D eigenvalue weighted by Gasteiger charge is 2.20. The van der Waals surface area contributed by atoms with Crippen LogP contribution < -0.4 is 14.8 Å². The van der Waals surface area contributed by atoms with Crippen LogP contribution in [0.15, 0.2) is 30.3 Å². The van der Waals surface area contributed by atoms with Gasteiger partial charge in [0.05, 0.1) is 24.1 Å². The van der Waals surface area contributed by atoms with E-state index in [9.17, 15) is 0 Å². The predicted octanol–water partition coefficient (Wildman–Crippen LogP) is 3.92. The predicted molar refractivity (Wildman–Crippen MR) is 84.4 cm³/mol. The Morgan fingerprint density at radius 2 is 1.80 bits per heavy atom. The Morgan fingerprint density at radius 1 is 1.15 bits per heavy atom. The van der Waals surface area contributed by atoms with E-state index in [-0.39, 0.29) is 6.04 Å². The van der Waals surface area contributed by atoms with E-state index in [1.54, 1.807) is 25.6 Å². The van der Waals surface area contributed by atoms with Crippen molar-refractivity contribution in [2.45, 2.75) is 12.5 Å². The first-order chi connectivity index (χ1) is 9.69. The first-order valence-corrected chi connectivity index (χ1v) is 7.51. The SMILES string of the molecule is CNC(Cc1ccc(Cl)s1)c1c(OC)cccc1OC. The van der Waals surface area contributed by atoms with Gasteiger partial charge >= 0.3 is 0 Å². The fraction of sp³-hybridized carbons (Fsp3) is 0.333. The summed E-state index contributed by atoms with van der Waals surface area (Å²) in [7, 11) is 5.28. The third kappa shape index (κ3) is 3.26. The summed E-state index contributed by atoms with van der Waals surface area (Å²) >= 11 is 7.60. The Hall–Kier alpha value is -1.23. The lowest BCUT2D eigenvalue weighted by atomic mass is 10.0. The van der Waals surface area contributed by atoms with Gasteiger partial charge in [0.2, 0.25) is 0 Å². The van der Waals surface area contributed by atoms with Gasteiger partial charge in [-0.2, -0.15) is 0 Å². The molecule has 1 heterocycles. The van der Waals surface area contributed by atoms with E-state index in [0.29, 0.717) is 0 Å². The van der Waals surface area contributed by atoms with Gasteiger partial charge in [-0.05, 0) is 31.3 Å². The van der Waals surface area contributed by atoms with Crippen LogP contribution in [0.4, 0.5) is 0 Å². The molecule has 0 saturated carbocycles. The molecule has 0 fully saturated rings. The van der Waals surface area contributed by atoms with Crippen molar-refractivity contribution >= 4 is 22.9 Å². The van der Waals surface area contributed by atoms with Crippen molar-refractivity contribution in [2.24, 2.45) is 0 Å². The molecule has 1 aromatic heterocycles. The highest BCUT2D eigenvalue weighted by molar-refractivity contribution is 7.16. The monoisotopic (exact) mass is 311 g/mol. The van der Waals surface area contributed by atoms with Gasteiger partial charge < -0.3 is 14.8 Å². The van der Waals surface area contributed by atoms with Gasteiger partial charge in [0.1, 0.15) is 11.5 Å². The molecule has 0 saturated heterocycles. The molecule has 0 amide bonds. The van der Waals surface area contributed by atoms with Crippen LogP contribution in [0.25, 0.3) is 0 Å². The van der Waals surface area contributed by atoms with Crippen molar-refractivity contribution in [1.29, 1.82) is 0 Å². The molecule has 108 valence electrons. The molecule has 0 spiro atoms. The zero-order chi connectivity index (χ0) is 14.5. The molecule has 3 nitrogen and oxygen atoms in total. The quantitative estimate of drug-likeness (QED) is 0.877. The largest absolute Gasteiger partial charge is 0.496 e. The Balaban J connectivity index is 2.35. The van der Waals surface area contributed by atoms with Gasteiger partial charge in [0.15, 0.2) is 0 Å². The van der Waals surface area contributed by atoms with Gasteiger partial charge in [0.25, 0.3) is 0 Å². The minimum atomic E-state index is 0.107. The van der Waals surface area contributed by atoms with Crippen molar-refractivity contribution < 1.29 is 9.47 Å². The maximum atomic E-state index is 6.00. The minimum Gasteiger partial charge on any atom is -0.496 e. The average Bonchev–Trinajstić information content (AvgIpc) is 2.89. The zero-order valence-electron chi connectivity index (χ0n) is 11.8. The van der Waals surface area contributed by atoms with E-state index in [1.807, 2.05) is 31.3 Å². The Kier molecular flexibility index (Phi) is 5.29. The lowest BCUT2D eigenvalue weighted by Gasteiger charge is -2.21. The number of nitrogens with one attached hydrogen (secondary N) is 1. The molecule has 0 aliphatic carbocycles. The van der Waals surface area contributed by atoms with Crippen LogP contribution in [0.5, 0.6) is 11.5 Å². The maximum Gasteiger partial charge on any atom is 0.127 e. The number of benzene rings is 1. The molecular formula is C15H18ClNO2S. The molecule has 1 unspecified atom stereocenters. The number of hydrogen-bond acceptors (Lipinski definition) is 4. The van der Waals surface area contributed by atoms with E-state index in [0.717, 1.165) is 27.8 Å². The third-order valence-electron chi connectivity index (χ3n) is 3.20. The summed E-state index contributed by atoms with van der Waals surface area (Å²) < 4.78 is 11.7.